The van der Waals surface area contributed by atoms with Crippen LogP contribution in [0, 0.1) is 0 Å². The van der Waals surface area contributed by atoms with Gasteiger partial charge in [-0.25, -0.2) is 0 Å². The van der Waals surface area contributed by atoms with Gasteiger partial charge in [0.25, 0.3) is 0 Å². The number of hydrogen-bond acceptors (Lipinski definition) is 4. The van der Waals surface area contributed by atoms with Gasteiger partial charge in [-0.05, 0) is 24.1 Å². The summed E-state index contributed by atoms with van der Waals surface area (Å²) >= 11 is 6.22. The number of ether oxygens (including phenoxy) is 2. The highest BCUT2D eigenvalue weighted by Crippen LogP contribution is 2.36. The molecular formula is C15H23Cl2NO3. The third-order valence-electron chi connectivity index (χ3n) is 2.94. The van der Waals surface area contributed by atoms with Crippen molar-refractivity contribution in [2.45, 2.75) is 25.9 Å². The topological polar surface area (TPSA) is 50.7 Å². The fourth-order valence-electron chi connectivity index (χ4n) is 1.76. The number of hydrogen-bond donors (Lipinski definition) is 2. The zero-order chi connectivity index (χ0) is 15.0. The summed E-state index contributed by atoms with van der Waals surface area (Å²) in [6, 6.07) is 3.79. The molecule has 1 aromatic carbocycles. The van der Waals surface area contributed by atoms with Gasteiger partial charge in [0.2, 0.25) is 0 Å². The first-order valence-electron chi connectivity index (χ1n) is 6.60. The summed E-state index contributed by atoms with van der Waals surface area (Å²) in [5, 5.41) is 12.9. The van der Waals surface area contributed by atoms with Crippen molar-refractivity contribution >= 4 is 24.0 Å². The molecule has 0 aliphatic heterocycles. The van der Waals surface area contributed by atoms with E-state index in [1.807, 2.05) is 19.1 Å². The van der Waals surface area contributed by atoms with Crippen LogP contribution in [0.5, 0.6) is 11.5 Å². The van der Waals surface area contributed by atoms with Gasteiger partial charge in [0.05, 0.1) is 18.7 Å². The van der Waals surface area contributed by atoms with Crippen molar-refractivity contribution in [1.82, 2.24) is 5.32 Å². The SMILES string of the molecule is C=CCOc1c(Cl)cc(CNC(CC)CO)cc1OC.Cl. The van der Waals surface area contributed by atoms with Crippen molar-refractivity contribution in [3.8, 4) is 11.5 Å². The molecule has 1 unspecified atom stereocenters. The monoisotopic (exact) mass is 335 g/mol. The molecule has 0 saturated carbocycles. The Morgan fingerprint density at radius 2 is 2.19 bits per heavy atom. The quantitative estimate of drug-likeness (QED) is 0.680. The molecule has 21 heavy (non-hydrogen) atoms. The van der Waals surface area contributed by atoms with E-state index in [9.17, 15) is 0 Å². The molecule has 0 aliphatic rings. The van der Waals surface area contributed by atoms with Gasteiger partial charge in [-0.2, -0.15) is 0 Å². The summed E-state index contributed by atoms with van der Waals surface area (Å²) in [6.45, 7) is 6.72. The molecular weight excluding hydrogens is 313 g/mol. The average Bonchev–Trinajstić information content (AvgIpc) is 2.46. The van der Waals surface area contributed by atoms with Crippen LogP contribution in [-0.4, -0.2) is 31.5 Å². The van der Waals surface area contributed by atoms with Crippen molar-refractivity contribution in [3.63, 3.8) is 0 Å². The Bertz CT molecular complexity index is 437. The molecule has 0 aliphatic carbocycles. The van der Waals surface area contributed by atoms with Crippen LogP contribution in [0.4, 0.5) is 0 Å². The number of rotatable bonds is 9. The lowest BCUT2D eigenvalue weighted by atomic mass is 10.1. The Balaban J connectivity index is 0.00000400. The maximum atomic E-state index is 9.16. The predicted octanol–water partition coefficient (Wildman–Crippen LogP) is 3.20. The van der Waals surface area contributed by atoms with Gasteiger partial charge in [-0.15, -0.1) is 12.4 Å². The standard InChI is InChI=1S/C15H22ClNO3.ClH/c1-4-6-20-15-13(16)7-11(8-14(15)19-3)9-17-12(5-2)10-18;/h4,7-8,12,17-18H,1,5-6,9-10H2,2-3H3;1H. The molecule has 0 saturated heterocycles. The van der Waals surface area contributed by atoms with E-state index >= 15 is 0 Å². The minimum absolute atomic E-state index is 0. The van der Waals surface area contributed by atoms with Gasteiger partial charge in [-0.3, -0.25) is 0 Å². The lowest BCUT2D eigenvalue weighted by Crippen LogP contribution is -2.31. The van der Waals surface area contributed by atoms with Crippen molar-refractivity contribution in [2.24, 2.45) is 0 Å². The lowest BCUT2D eigenvalue weighted by Gasteiger charge is -2.16. The fraction of sp³-hybridized carbons (Fsp3) is 0.467. The van der Waals surface area contributed by atoms with E-state index in [4.69, 9.17) is 26.2 Å². The second-order valence-electron chi connectivity index (χ2n) is 4.38. The number of aliphatic hydroxyl groups excluding tert-OH is 1. The molecule has 0 heterocycles. The maximum Gasteiger partial charge on any atom is 0.180 e. The Morgan fingerprint density at radius 3 is 2.71 bits per heavy atom. The van der Waals surface area contributed by atoms with Crippen LogP contribution < -0.4 is 14.8 Å². The summed E-state index contributed by atoms with van der Waals surface area (Å²) in [7, 11) is 1.58. The Morgan fingerprint density at radius 1 is 1.48 bits per heavy atom. The Kier molecular flexibility index (Phi) is 10.3. The zero-order valence-electron chi connectivity index (χ0n) is 12.4. The highest BCUT2D eigenvalue weighted by atomic mass is 35.5. The number of nitrogens with one attached hydrogen (secondary N) is 1. The molecule has 0 bridgehead atoms. The molecule has 120 valence electrons. The van der Waals surface area contributed by atoms with Gasteiger partial charge < -0.3 is 19.9 Å². The van der Waals surface area contributed by atoms with Gasteiger partial charge >= 0.3 is 0 Å². The summed E-state index contributed by atoms with van der Waals surface area (Å²) in [4.78, 5) is 0. The van der Waals surface area contributed by atoms with Gasteiger partial charge in [0, 0.05) is 12.6 Å². The van der Waals surface area contributed by atoms with E-state index in [1.54, 1.807) is 13.2 Å². The second-order valence-corrected chi connectivity index (χ2v) is 4.78. The molecule has 6 heteroatoms. The molecule has 0 amide bonds. The van der Waals surface area contributed by atoms with E-state index in [0.717, 1.165) is 12.0 Å². The molecule has 4 nitrogen and oxygen atoms in total. The number of aliphatic hydroxyl groups is 1. The van der Waals surface area contributed by atoms with Crippen LogP contribution in [0.25, 0.3) is 0 Å². The molecule has 0 spiro atoms. The normalized spacial score (nSPS) is 11.4. The molecule has 0 fully saturated rings. The smallest absolute Gasteiger partial charge is 0.180 e. The van der Waals surface area contributed by atoms with Gasteiger partial charge in [0.15, 0.2) is 11.5 Å². The summed E-state index contributed by atoms with van der Waals surface area (Å²) in [6.07, 6.45) is 2.51. The van der Waals surface area contributed by atoms with Crippen molar-refractivity contribution in [3.05, 3.63) is 35.4 Å². The van der Waals surface area contributed by atoms with Crippen LogP contribution in [0.1, 0.15) is 18.9 Å². The molecule has 0 aromatic heterocycles. The van der Waals surface area contributed by atoms with Crippen molar-refractivity contribution < 1.29 is 14.6 Å². The largest absolute Gasteiger partial charge is 0.493 e. The van der Waals surface area contributed by atoms with Crippen LogP contribution >= 0.6 is 24.0 Å². The van der Waals surface area contributed by atoms with E-state index < -0.39 is 0 Å². The van der Waals surface area contributed by atoms with Gasteiger partial charge in [-0.1, -0.05) is 31.2 Å². The lowest BCUT2D eigenvalue weighted by molar-refractivity contribution is 0.238. The first-order valence-corrected chi connectivity index (χ1v) is 6.98. The summed E-state index contributed by atoms with van der Waals surface area (Å²) < 4.78 is 10.8. The highest BCUT2D eigenvalue weighted by Gasteiger charge is 2.12. The molecule has 1 atom stereocenters. The predicted molar refractivity (Wildman–Crippen MR) is 88.9 cm³/mol. The van der Waals surface area contributed by atoms with E-state index in [-0.39, 0.29) is 25.1 Å². The van der Waals surface area contributed by atoms with Crippen LogP contribution in [0.15, 0.2) is 24.8 Å². The minimum atomic E-state index is 0. The van der Waals surface area contributed by atoms with E-state index in [0.29, 0.717) is 29.7 Å². The molecule has 1 rings (SSSR count). The maximum absolute atomic E-state index is 9.16. The van der Waals surface area contributed by atoms with Crippen molar-refractivity contribution in [1.29, 1.82) is 0 Å². The van der Waals surface area contributed by atoms with Crippen LogP contribution in [-0.2, 0) is 6.54 Å². The third kappa shape index (κ3) is 6.14. The zero-order valence-corrected chi connectivity index (χ0v) is 14.0. The average molecular weight is 336 g/mol. The number of benzene rings is 1. The van der Waals surface area contributed by atoms with E-state index in [2.05, 4.69) is 11.9 Å². The molecule has 1 aromatic rings. The van der Waals surface area contributed by atoms with Crippen molar-refractivity contribution in [2.75, 3.05) is 20.3 Å². The Labute approximate surface area is 137 Å². The van der Waals surface area contributed by atoms with Crippen LogP contribution in [0.3, 0.4) is 0 Å². The summed E-state index contributed by atoms with van der Waals surface area (Å²) in [5.41, 5.74) is 0.977. The molecule has 2 N–H and O–H groups in total. The first kappa shape index (κ1) is 20.1. The number of methoxy groups -OCH3 is 1. The fourth-order valence-corrected chi connectivity index (χ4v) is 2.05. The minimum Gasteiger partial charge on any atom is -0.493 e. The highest BCUT2D eigenvalue weighted by molar-refractivity contribution is 6.32. The van der Waals surface area contributed by atoms with E-state index in [1.165, 1.54) is 0 Å². The number of halogens is 2. The first-order chi connectivity index (χ1) is 9.65. The van der Waals surface area contributed by atoms with Crippen LogP contribution in [0.2, 0.25) is 5.02 Å². The second kappa shape index (κ2) is 10.7. The summed E-state index contributed by atoms with van der Waals surface area (Å²) in [5.74, 6) is 1.11. The molecule has 0 radical (unpaired) electrons. The van der Waals surface area contributed by atoms with Gasteiger partial charge in [0.1, 0.15) is 6.61 Å². The third-order valence-corrected chi connectivity index (χ3v) is 3.22. The Hall–Kier alpha value is -0.940.